The lowest BCUT2D eigenvalue weighted by molar-refractivity contribution is -0.139. The van der Waals surface area contributed by atoms with Crippen molar-refractivity contribution in [1.29, 1.82) is 0 Å². The maximum absolute atomic E-state index is 13.1. The van der Waals surface area contributed by atoms with Gasteiger partial charge in [0.1, 0.15) is 11.9 Å². The molecule has 0 aliphatic heterocycles. The van der Waals surface area contributed by atoms with Crippen molar-refractivity contribution >= 4 is 27.8 Å². The van der Waals surface area contributed by atoms with Gasteiger partial charge < -0.3 is 15.2 Å². The van der Waals surface area contributed by atoms with Gasteiger partial charge in [-0.3, -0.25) is 4.79 Å². The monoisotopic (exact) mass is 333 g/mol. The van der Waals surface area contributed by atoms with Crippen LogP contribution in [-0.4, -0.2) is 36.7 Å². The van der Waals surface area contributed by atoms with Crippen molar-refractivity contribution in [2.75, 3.05) is 13.7 Å². The van der Waals surface area contributed by atoms with Gasteiger partial charge >= 0.3 is 5.97 Å². The Hall–Kier alpha value is -1.47. The molecule has 7 heteroatoms. The van der Waals surface area contributed by atoms with Gasteiger partial charge in [-0.1, -0.05) is 0 Å². The molecule has 0 aliphatic rings. The molecule has 1 rings (SSSR count). The zero-order chi connectivity index (χ0) is 14.4. The normalized spacial score (nSPS) is 11.9. The lowest BCUT2D eigenvalue weighted by Gasteiger charge is -2.14. The van der Waals surface area contributed by atoms with Crippen molar-refractivity contribution in [1.82, 2.24) is 5.32 Å². The number of carbonyl (C=O) groups excluding carboxylic acids is 1. The lowest BCUT2D eigenvalue weighted by Crippen LogP contribution is -2.41. The number of amides is 1. The molecule has 0 fully saturated rings. The van der Waals surface area contributed by atoms with E-state index in [1.807, 2.05) is 0 Å². The van der Waals surface area contributed by atoms with Crippen LogP contribution < -0.4 is 5.32 Å². The molecule has 0 radical (unpaired) electrons. The number of carbonyl (C=O) groups is 2. The number of hydrogen-bond acceptors (Lipinski definition) is 3. The second-order valence-electron chi connectivity index (χ2n) is 3.77. The number of aliphatic carboxylic acids is 1. The minimum Gasteiger partial charge on any atom is -0.480 e. The maximum atomic E-state index is 13.1. The summed E-state index contributed by atoms with van der Waals surface area (Å²) in [6, 6.07) is 2.53. The molecule has 0 saturated carbocycles. The first-order valence-corrected chi connectivity index (χ1v) is 6.22. The van der Waals surface area contributed by atoms with Crippen LogP contribution >= 0.6 is 15.9 Å². The quantitative estimate of drug-likeness (QED) is 0.832. The topological polar surface area (TPSA) is 75.6 Å². The van der Waals surface area contributed by atoms with Gasteiger partial charge in [-0.05, 0) is 34.1 Å². The van der Waals surface area contributed by atoms with Crippen molar-refractivity contribution in [3.63, 3.8) is 0 Å². The summed E-state index contributed by atoms with van der Waals surface area (Å²) < 4.78 is 18.2. The highest BCUT2D eigenvalue weighted by Gasteiger charge is 2.21. The molecule has 0 saturated heterocycles. The van der Waals surface area contributed by atoms with E-state index in [2.05, 4.69) is 21.2 Å². The molecule has 2 N–H and O–H groups in total. The van der Waals surface area contributed by atoms with Crippen LogP contribution in [0.15, 0.2) is 22.7 Å². The van der Waals surface area contributed by atoms with Gasteiger partial charge in [-0.2, -0.15) is 0 Å². The summed E-state index contributed by atoms with van der Waals surface area (Å²) in [7, 11) is 1.43. The maximum Gasteiger partial charge on any atom is 0.326 e. The lowest BCUT2D eigenvalue weighted by atomic mass is 10.1. The molecule has 1 aromatic rings. The largest absolute Gasteiger partial charge is 0.480 e. The number of ether oxygens (including phenoxy) is 1. The Morgan fingerprint density at radius 3 is 2.79 bits per heavy atom. The van der Waals surface area contributed by atoms with Crippen molar-refractivity contribution in [3.8, 4) is 0 Å². The van der Waals surface area contributed by atoms with Gasteiger partial charge in [-0.15, -0.1) is 0 Å². The highest BCUT2D eigenvalue weighted by Crippen LogP contribution is 2.18. The fourth-order valence-electron chi connectivity index (χ4n) is 1.40. The van der Waals surface area contributed by atoms with Crippen molar-refractivity contribution in [3.05, 3.63) is 34.1 Å². The Kier molecular flexibility index (Phi) is 5.91. The third-order valence-electron chi connectivity index (χ3n) is 2.39. The van der Waals surface area contributed by atoms with E-state index >= 15 is 0 Å². The highest BCUT2D eigenvalue weighted by atomic mass is 79.9. The summed E-state index contributed by atoms with van der Waals surface area (Å²) in [6.45, 7) is 0.196. The standard InChI is InChI=1S/C12H13BrFNO4/c1-19-5-4-10(12(17)18)15-11(16)8-6-7(14)2-3-9(8)13/h2-3,6,10H,4-5H2,1H3,(H,15,16)(H,17,18). The minimum absolute atomic E-state index is 0.0451. The minimum atomic E-state index is -1.17. The van der Waals surface area contributed by atoms with Gasteiger partial charge in [0, 0.05) is 24.6 Å². The van der Waals surface area contributed by atoms with Crippen LogP contribution in [0.3, 0.4) is 0 Å². The Morgan fingerprint density at radius 2 is 2.21 bits per heavy atom. The highest BCUT2D eigenvalue weighted by molar-refractivity contribution is 9.10. The number of hydrogen-bond donors (Lipinski definition) is 2. The number of halogens is 2. The van der Waals surface area contributed by atoms with Crippen LogP contribution in [-0.2, 0) is 9.53 Å². The fourth-order valence-corrected chi connectivity index (χ4v) is 1.83. The number of carboxylic acids is 1. The number of nitrogens with one attached hydrogen (secondary N) is 1. The zero-order valence-electron chi connectivity index (χ0n) is 10.2. The molecule has 1 unspecified atom stereocenters. The molecule has 5 nitrogen and oxygen atoms in total. The molecule has 1 atom stereocenters. The van der Waals surface area contributed by atoms with Crippen LogP contribution in [0.5, 0.6) is 0 Å². The zero-order valence-corrected chi connectivity index (χ0v) is 11.7. The SMILES string of the molecule is COCCC(NC(=O)c1cc(F)ccc1Br)C(=O)O. The first kappa shape index (κ1) is 15.6. The molecule has 1 aromatic carbocycles. The smallest absolute Gasteiger partial charge is 0.326 e. The second kappa shape index (κ2) is 7.20. The summed E-state index contributed by atoms with van der Waals surface area (Å²) in [6.07, 6.45) is 0.129. The molecule has 0 aromatic heterocycles. The van der Waals surface area contributed by atoms with E-state index in [-0.39, 0.29) is 18.6 Å². The first-order chi connectivity index (χ1) is 8.95. The average Bonchev–Trinajstić information content (AvgIpc) is 2.36. The van der Waals surface area contributed by atoms with E-state index < -0.39 is 23.7 Å². The summed E-state index contributed by atoms with van der Waals surface area (Å²) in [5, 5.41) is 11.3. The molecule has 0 heterocycles. The van der Waals surface area contributed by atoms with E-state index in [9.17, 15) is 14.0 Å². The van der Waals surface area contributed by atoms with Crippen LogP contribution in [0.2, 0.25) is 0 Å². The fraction of sp³-hybridized carbons (Fsp3) is 0.333. The summed E-state index contributed by atoms with van der Waals surface area (Å²) in [4.78, 5) is 22.9. The number of benzene rings is 1. The Bertz CT molecular complexity index is 481. The third-order valence-corrected chi connectivity index (χ3v) is 3.08. The van der Waals surface area contributed by atoms with Crippen LogP contribution in [0.25, 0.3) is 0 Å². The number of carboxylic acid groups (broad SMARTS) is 1. The van der Waals surface area contributed by atoms with Crippen LogP contribution in [0.1, 0.15) is 16.8 Å². The van der Waals surface area contributed by atoms with Gasteiger partial charge in [0.25, 0.3) is 5.91 Å². The van der Waals surface area contributed by atoms with Gasteiger partial charge in [0.15, 0.2) is 0 Å². The Morgan fingerprint density at radius 1 is 1.53 bits per heavy atom. The van der Waals surface area contributed by atoms with Gasteiger partial charge in [0.05, 0.1) is 5.56 Å². The first-order valence-electron chi connectivity index (χ1n) is 5.43. The summed E-state index contributed by atoms with van der Waals surface area (Å²) in [5.74, 6) is -2.40. The van der Waals surface area contributed by atoms with Crippen LogP contribution in [0, 0.1) is 5.82 Å². The summed E-state index contributed by atoms with van der Waals surface area (Å²) in [5.41, 5.74) is 0.0451. The van der Waals surface area contributed by atoms with Crippen molar-refractivity contribution in [2.45, 2.75) is 12.5 Å². The molecule has 0 spiro atoms. The van der Waals surface area contributed by atoms with Gasteiger partial charge in [-0.25, -0.2) is 9.18 Å². The van der Waals surface area contributed by atoms with Gasteiger partial charge in [0.2, 0.25) is 0 Å². The number of rotatable bonds is 6. The molecule has 1 amide bonds. The third kappa shape index (κ3) is 4.60. The predicted molar refractivity (Wildman–Crippen MR) is 69.5 cm³/mol. The van der Waals surface area contributed by atoms with Crippen molar-refractivity contribution < 1.29 is 23.8 Å². The van der Waals surface area contributed by atoms with E-state index in [0.717, 1.165) is 6.07 Å². The molecule has 0 aliphatic carbocycles. The Labute approximate surface area is 117 Å². The second-order valence-corrected chi connectivity index (χ2v) is 4.62. The van der Waals surface area contributed by atoms with E-state index in [4.69, 9.17) is 9.84 Å². The molecular weight excluding hydrogens is 321 g/mol. The van der Waals surface area contributed by atoms with Crippen LogP contribution in [0.4, 0.5) is 4.39 Å². The molecular formula is C12H13BrFNO4. The summed E-state index contributed by atoms with van der Waals surface area (Å²) >= 11 is 3.11. The van der Waals surface area contributed by atoms with E-state index in [1.54, 1.807) is 0 Å². The molecule has 0 bridgehead atoms. The predicted octanol–water partition coefficient (Wildman–Crippen LogP) is 1.81. The Balaban J connectivity index is 2.81. The molecule has 104 valence electrons. The average molecular weight is 334 g/mol. The number of methoxy groups -OCH3 is 1. The molecule has 19 heavy (non-hydrogen) atoms. The van der Waals surface area contributed by atoms with E-state index in [1.165, 1.54) is 19.2 Å². The van der Waals surface area contributed by atoms with E-state index in [0.29, 0.717) is 4.47 Å². The van der Waals surface area contributed by atoms with Crippen molar-refractivity contribution in [2.24, 2.45) is 0 Å².